The molecule has 0 fully saturated rings. The Kier molecular flexibility index (Phi) is 4.07. The highest BCUT2D eigenvalue weighted by Gasteiger charge is 2.09. The molecular weight excluding hydrogens is 245 g/mol. The maximum absolute atomic E-state index is 12.9. The smallest absolute Gasteiger partial charge is 0.253 e. The van der Waals surface area contributed by atoms with Gasteiger partial charge >= 0.3 is 0 Å². The SMILES string of the molecule is Nc1cc(F)ccc1C(=O)NCCc1ccccn1. The second-order valence-corrected chi connectivity index (χ2v) is 4.06. The minimum atomic E-state index is -0.456. The van der Waals surface area contributed by atoms with Crippen LogP contribution < -0.4 is 11.1 Å². The molecule has 5 heteroatoms. The van der Waals surface area contributed by atoms with E-state index in [1.54, 1.807) is 6.20 Å². The molecule has 19 heavy (non-hydrogen) atoms. The van der Waals surface area contributed by atoms with Crippen LogP contribution in [0.15, 0.2) is 42.6 Å². The first-order valence-corrected chi connectivity index (χ1v) is 5.90. The molecule has 0 bridgehead atoms. The van der Waals surface area contributed by atoms with E-state index in [2.05, 4.69) is 10.3 Å². The monoisotopic (exact) mass is 259 g/mol. The van der Waals surface area contributed by atoms with Crippen LogP contribution in [-0.4, -0.2) is 17.4 Å². The van der Waals surface area contributed by atoms with Crippen molar-refractivity contribution in [1.29, 1.82) is 0 Å². The predicted molar refractivity (Wildman–Crippen MR) is 71.1 cm³/mol. The van der Waals surface area contributed by atoms with Crippen LogP contribution in [0.1, 0.15) is 16.1 Å². The summed E-state index contributed by atoms with van der Waals surface area (Å²) >= 11 is 0. The number of rotatable bonds is 4. The van der Waals surface area contributed by atoms with E-state index < -0.39 is 5.82 Å². The topological polar surface area (TPSA) is 68.0 Å². The van der Waals surface area contributed by atoms with Crippen molar-refractivity contribution in [2.24, 2.45) is 0 Å². The first kappa shape index (κ1) is 13.0. The van der Waals surface area contributed by atoms with Gasteiger partial charge in [0.25, 0.3) is 5.91 Å². The van der Waals surface area contributed by atoms with Crippen LogP contribution in [0.3, 0.4) is 0 Å². The van der Waals surface area contributed by atoms with Gasteiger partial charge in [-0.3, -0.25) is 9.78 Å². The molecule has 0 aliphatic carbocycles. The van der Waals surface area contributed by atoms with E-state index in [9.17, 15) is 9.18 Å². The fourth-order valence-electron chi connectivity index (χ4n) is 1.69. The van der Waals surface area contributed by atoms with Crippen molar-refractivity contribution >= 4 is 11.6 Å². The first-order valence-electron chi connectivity index (χ1n) is 5.90. The average Bonchev–Trinajstić information content (AvgIpc) is 2.39. The van der Waals surface area contributed by atoms with E-state index in [1.165, 1.54) is 12.1 Å². The maximum atomic E-state index is 12.9. The minimum absolute atomic E-state index is 0.135. The van der Waals surface area contributed by atoms with Gasteiger partial charge in [-0.25, -0.2) is 4.39 Å². The zero-order chi connectivity index (χ0) is 13.7. The Morgan fingerprint density at radius 1 is 1.32 bits per heavy atom. The molecule has 2 rings (SSSR count). The molecule has 2 aromatic rings. The molecule has 0 aliphatic heterocycles. The largest absolute Gasteiger partial charge is 0.398 e. The number of anilines is 1. The van der Waals surface area contributed by atoms with E-state index in [0.29, 0.717) is 13.0 Å². The molecule has 1 aromatic heterocycles. The zero-order valence-electron chi connectivity index (χ0n) is 10.3. The van der Waals surface area contributed by atoms with Gasteiger partial charge in [-0.15, -0.1) is 0 Å². The number of hydrogen-bond acceptors (Lipinski definition) is 3. The molecule has 1 heterocycles. The van der Waals surface area contributed by atoms with Crippen LogP contribution >= 0.6 is 0 Å². The van der Waals surface area contributed by atoms with Crippen LogP contribution in [0.5, 0.6) is 0 Å². The summed E-state index contributed by atoms with van der Waals surface area (Å²) in [5.41, 5.74) is 6.90. The number of carbonyl (C=O) groups is 1. The number of halogens is 1. The Balaban J connectivity index is 1.91. The molecule has 0 radical (unpaired) electrons. The summed E-state index contributed by atoms with van der Waals surface area (Å²) < 4.78 is 12.9. The quantitative estimate of drug-likeness (QED) is 0.822. The number of nitrogens with one attached hydrogen (secondary N) is 1. The van der Waals surface area contributed by atoms with E-state index in [1.807, 2.05) is 18.2 Å². The molecule has 0 unspecified atom stereocenters. The van der Waals surface area contributed by atoms with Gasteiger partial charge in [0, 0.05) is 30.5 Å². The third-order valence-electron chi connectivity index (χ3n) is 2.65. The molecule has 0 saturated carbocycles. The molecule has 0 aliphatic rings. The first-order chi connectivity index (χ1) is 9.16. The summed E-state index contributed by atoms with van der Waals surface area (Å²) in [6.45, 7) is 0.451. The number of benzene rings is 1. The van der Waals surface area contributed by atoms with Gasteiger partial charge in [-0.2, -0.15) is 0 Å². The van der Waals surface area contributed by atoms with Crippen LogP contribution in [0.25, 0.3) is 0 Å². The Morgan fingerprint density at radius 2 is 2.16 bits per heavy atom. The highest BCUT2D eigenvalue weighted by molar-refractivity contribution is 5.99. The molecule has 1 amide bonds. The van der Waals surface area contributed by atoms with Crippen molar-refractivity contribution in [2.45, 2.75) is 6.42 Å². The number of carbonyl (C=O) groups excluding carboxylic acids is 1. The number of nitrogen functional groups attached to an aromatic ring is 1. The molecule has 0 saturated heterocycles. The van der Waals surface area contributed by atoms with Gasteiger partial charge < -0.3 is 11.1 Å². The summed E-state index contributed by atoms with van der Waals surface area (Å²) in [6.07, 6.45) is 2.34. The molecule has 0 spiro atoms. The van der Waals surface area contributed by atoms with Crippen molar-refractivity contribution in [3.8, 4) is 0 Å². The number of nitrogens with zero attached hydrogens (tertiary/aromatic N) is 1. The number of pyridine rings is 1. The van der Waals surface area contributed by atoms with Crippen molar-refractivity contribution in [2.75, 3.05) is 12.3 Å². The third-order valence-corrected chi connectivity index (χ3v) is 2.65. The summed E-state index contributed by atoms with van der Waals surface area (Å²) in [4.78, 5) is 16.0. The highest BCUT2D eigenvalue weighted by atomic mass is 19.1. The fourth-order valence-corrected chi connectivity index (χ4v) is 1.69. The predicted octanol–water partition coefficient (Wildman–Crippen LogP) is 1.78. The van der Waals surface area contributed by atoms with Crippen LogP contribution in [-0.2, 0) is 6.42 Å². The van der Waals surface area contributed by atoms with Crippen molar-refractivity contribution in [1.82, 2.24) is 10.3 Å². The molecule has 0 atom stereocenters. The summed E-state index contributed by atoms with van der Waals surface area (Å²) in [5.74, 6) is -0.768. The van der Waals surface area contributed by atoms with Crippen molar-refractivity contribution in [3.63, 3.8) is 0 Å². The lowest BCUT2D eigenvalue weighted by Gasteiger charge is -2.07. The lowest BCUT2D eigenvalue weighted by molar-refractivity contribution is 0.0955. The third kappa shape index (κ3) is 3.51. The Hall–Kier alpha value is -2.43. The van der Waals surface area contributed by atoms with Crippen molar-refractivity contribution in [3.05, 3.63) is 59.7 Å². The Bertz CT molecular complexity index is 572. The van der Waals surface area contributed by atoms with Gasteiger partial charge in [0.2, 0.25) is 0 Å². The van der Waals surface area contributed by atoms with Crippen molar-refractivity contribution < 1.29 is 9.18 Å². The number of amides is 1. The van der Waals surface area contributed by atoms with E-state index in [0.717, 1.165) is 11.8 Å². The number of aromatic nitrogens is 1. The lowest BCUT2D eigenvalue weighted by atomic mass is 10.1. The maximum Gasteiger partial charge on any atom is 0.253 e. The molecule has 98 valence electrons. The minimum Gasteiger partial charge on any atom is -0.398 e. The summed E-state index contributed by atoms with van der Waals surface area (Å²) in [6, 6.07) is 9.33. The van der Waals surface area contributed by atoms with Gasteiger partial charge in [-0.05, 0) is 30.3 Å². The second-order valence-electron chi connectivity index (χ2n) is 4.06. The normalized spacial score (nSPS) is 10.2. The molecule has 3 N–H and O–H groups in total. The number of nitrogens with two attached hydrogens (primary N) is 1. The number of hydrogen-bond donors (Lipinski definition) is 2. The summed E-state index contributed by atoms with van der Waals surface area (Å²) in [5, 5.41) is 2.73. The van der Waals surface area contributed by atoms with Gasteiger partial charge in [0.1, 0.15) is 5.82 Å². The van der Waals surface area contributed by atoms with E-state index in [4.69, 9.17) is 5.73 Å². The average molecular weight is 259 g/mol. The van der Waals surface area contributed by atoms with Crippen LogP contribution in [0, 0.1) is 5.82 Å². The van der Waals surface area contributed by atoms with Gasteiger partial charge in [0.05, 0.1) is 5.56 Å². The highest BCUT2D eigenvalue weighted by Crippen LogP contribution is 2.12. The standard InChI is InChI=1S/C14H14FN3O/c15-10-4-5-12(13(16)9-10)14(19)18-8-6-11-3-1-2-7-17-11/h1-5,7,9H,6,8,16H2,(H,18,19). The molecule has 1 aromatic carbocycles. The van der Waals surface area contributed by atoms with Crippen LogP contribution in [0.4, 0.5) is 10.1 Å². The summed E-state index contributed by atoms with van der Waals surface area (Å²) in [7, 11) is 0. The molecular formula is C14H14FN3O. The second kappa shape index (κ2) is 5.95. The van der Waals surface area contributed by atoms with Gasteiger partial charge in [-0.1, -0.05) is 6.07 Å². The molecule has 4 nitrogen and oxygen atoms in total. The zero-order valence-corrected chi connectivity index (χ0v) is 10.3. The van der Waals surface area contributed by atoms with Crippen LogP contribution in [0.2, 0.25) is 0 Å². The Morgan fingerprint density at radius 3 is 2.84 bits per heavy atom. The lowest BCUT2D eigenvalue weighted by Crippen LogP contribution is -2.26. The van der Waals surface area contributed by atoms with E-state index >= 15 is 0 Å². The van der Waals surface area contributed by atoms with E-state index in [-0.39, 0.29) is 17.2 Å². The van der Waals surface area contributed by atoms with Gasteiger partial charge in [0.15, 0.2) is 0 Å². The Labute approximate surface area is 110 Å². The fraction of sp³-hybridized carbons (Fsp3) is 0.143.